The van der Waals surface area contributed by atoms with E-state index in [0.29, 0.717) is 11.3 Å². The Kier molecular flexibility index (Phi) is 5.16. The van der Waals surface area contributed by atoms with Crippen LogP contribution in [0.3, 0.4) is 0 Å². The molecule has 0 saturated heterocycles. The summed E-state index contributed by atoms with van der Waals surface area (Å²) in [7, 11) is 0. The van der Waals surface area contributed by atoms with Crippen LogP contribution in [0.15, 0.2) is 82.5 Å². The molecule has 0 saturated carbocycles. The Balaban J connectivity index is 2.01. The number of ether oxygens (including phenoxy) is 1. The van der Waals surface area contributed by atoms with Gasteiger partial charge in [0, 0.05) is 16.4 Å². The van der Waals surface area contributed by atoms with E-state index in [1.54, 1.807) is 6.08 Å². The summed E-state index contributed by atoms with van der Waals surface area (Å²) in [5.74, 6) is 1.36. The van der Waals surface area contributed by atoms with E-state index < -0.39 is 5.97 Å². The van der Waals surface area contributed by atoms with Gasteiger partial charge >= 0.3 is 5.97 Å². The lowest BCUT2D eigenvalue weighted by Gasteiger charge is -2.32. The van der Waals surface area contributed by atoms with E-state index >= 15 is 0 Å². The van der Waals surface area contributed by atoms with Crippen LogP contribution < -0.4 is 0 Å². The van der Waals surface area contributed by atoms with Gasteiger partial charge in [-0.15, -0.1) is 0 Å². The van der Waals surface area contributed by atoms with Gasteiger partial charge in [0.25, 0.3) is 0 Å². The van der Waals surface area contributed by atoms with Crippen molar-refractivity contribution in [2.75, 3.05) is 0 Å². The predicted octanol–water partition coefficient (Wildman–Crippen LogP) is 5.69. The molecule has 4 nitrogen and oxygen atoms in total. The maximum absolute atomic E-state index is 12.2. The smallest absolute Gasteiger partial charge is 0.368 e. The zero-order valence-corrected chi connectivity index (χ0v) is 17.4. The lowest BCUT2D eigenvalue weighted by molar-refractivity contribution is -0.136. The third kappa shape index (κ3) is 4.33. The molecule has 0 atom stereocenters. The molecule has 0 N–H and O–H groups in total. The Morgan fingerprint density at radius 3 is 1.96 bits per heavy atom. The van der Waals surface area contributed by atoms with Crippen LogP contribution in [0.4, 0.5) is 0 Å². The molecule has 28 heavy (non-hydrogen) atoms. The molecule has 0 fully saturated rings. The molecule has 3 rings (SSSR count). The minimum Gasteiger partial charge on any atom is -0.465 e. The summed E-state index contributed by atoms with van der Waals surface area (Å²) in [6, 6.07) is 9.56. The zero-order valence-electron chi connectivity index (χ0n) is 17.4. The van der Waals surface area contributed by atoms with Gasteiger partial charge in [-0.25, -0.2) is 4.79 Å². The van der Waals surface area contributed by atoms with Crippen molar-refractivity contribution in [2.24, 2.45) is 16.0 Å². The highest BCUT2D eigenvalue weighted by Crippen LogP contribution is 2.39. The first-order valence-electron chi connectivity index (χ1n) is 9.45. The quantitative estimate of drug-likeness (QED) is 0.491. The summed E-state index contributed by atoms with van der Waals surface area (Å²) in [6.07, 6.45) is 7.73. The van der Waals surface area contributed by atoms with Crippen LogP contribution in [0.1, 0.15) is 47.1 Å². The minimum absolute atomic E-state index is 0.125. The van der Waals surface area contributed by atoms with E-state index in [1.165, 1.54) is 0 Å². The molecule has 0 bridgehead atoms. The van der Waals surface area contributed by atoms with Crippen molar-refractivity contribution in [3.05, 3.63) is 82.9 Å². The van der Waals surface area contributed by atoms with E-state index in [9.17, 15) is 4.79 Å². The largest absolute Gasteiger partial charge is 0.465 e. The van der Waals surface area contributed by atoms with Crippen LogP contribution in [-0.4, -0.2) is 11.7 Å². The van der Waals surface area contributed by atoms with Gasteiger partial charge in [-0.3, -0.25) is 0 Å². The summed E-state index contributed by atoms with van der Waals surface area (Å²) in [5.41, 5.74) is 2.57. The molecule has 0 aliphatic carbocycles. The van der Waals surface area contributed by atoms with Crippen molar-refractivity contribution in [2.45, 2.75) is 41.5 Å². The van der Waals surface area contributed by atoms with Gasteiger partial charge in [-0.05, 0) is 23.8 Å². The van der Waals surface area contributed by atoms with E-state index in [2.05, 4.69) is 46.7 Å². The molecule has 2 aliphatic heterocycles. The third-order valence-corrected chi connectivity index (χ3v) is 4.48. The first-order valence-corrected chi connectivity index (χ1v) is 9.45. The maximum atomic E-state index is 12.2. The van der Waals surface area contributed by atoms with Crippen LogP contribution >= 0.6 is 0 Å². The van der Waals surface area contributed by atoms with Crippen LogP contribution in [0.2, 0.25) is 0 Å². The minimum atomic E-state index is -0.442. The second-order valence-corrected chi connectivity index (χ2v) is 9.05. The number of nitrogens with zero attached hydrogens (tertiary/aromatic N) is 1. The lowest BCUT2D eigenvalue weighted by atomic mass is 9.87. The van der Waals surface area contributed by atoms with Crippen LogP contribution in [-0.2, 0) is 14.4 Å². The standard InChI is InChI=1S/C24H27NO3/c1-23(2,3)19-14-16(15-20(27-19)24(4,5)6)12-13-18-21(25-28-22(18)26)17-10-8-7-9-11-17/h7-15H,1-6H3/b18-13-. The molecule has 4 heteroatoms. The van der Waals surface area contributed by atoms with Crippen molar-refractivity contribution in [3.8, 4) is 0 Å². The molecule has 0 spiro atoms. The van der Waals surface area contributed by atoms with Crippen molar-refractivity contribution < 1.29 is 14.4 Å². The molecule has 0 amide bonds. The number of hydrogen-bond donors (Lipinski definition) is 0. The molecule has 1 aromatic rings. The van der Waals surface area contributed by atoms with Crippen LogP contribution in [0.25, 0.3) is 0 Å². The molecule has 0 aromatic heterocycles. The Bertz CT molecular complexity index is 898. The first kappa shape index (κ1) is 19.9. The highest BCUT2D eigenvalue weighted by Gasteiger charge is 2.29. The average Bonchev–Trinajstić information content (AvgIpc) is 2.99. The lowest BCUT2D eigenvalue weighted by Crippen LogP contribution is -2.21. The molecule has 2 aliphatic rings. The number of hydrogen-bond acceptors (Lipinski definition) is 4. The second-order valence-electron chi connectivity index (χ2n) is 9.05. The van der Waals surface area contributed by atoms with Crippen molar-refractivity contribution in [3.63, 3.8) is 0 Å². The van der Waals surface area contributed by atoms with E-state index in [-0.39, 0.29) is 10.8 Å². The second kappa shape index (κ2) is 7.27. The highest BCUT2D eigenvalue weighted by atomic mass is 16.7. The van der Waals surface area contributed by atoms with Gasteiger partial charge in [-0.1, -0.05) is 83.1 Å². The van der Waals surface area contributed by atoms with Crippen molar-refractivity contribution >= 4 is 11.7 Å². The summed E-state index contributed by atoms with van der Waals surface area (Å²) in [4.78, 5) is 17.1. The van der Waals surface area contributed by atoms with Crippen molar-refractivity contribution in [1.29, 1.82) is 0 Å². The Morgan fingerprint density at radius 1 is 0.857 bits per heavy atom. The molecular formula is C24H27NO3. The van der Waals surface area contributed by atoms with Gasteiger partial charge in [0.1, 0.15) is 17.2 Å². The summed E-state index contributed by atoms with van der Waals surface area (Å²) >= 11 is 0. The molecule has 2 heterocycles. The zero-order chi connectivity index (χ0) is 20.5. The first-order chi connectivity index (χ1) is 13.1. The van der Waals surface area contributed by atoms with Crippen LogP contribution in [0, 0.1) is 10.8 Å². The SMILES string of the molecule is CC(C)(C)C1=CC(=C/C=C2\C(=O)ON=C2c2ccccc2)C=C(C(C)(C)C)O1. The predicted molar refractivity (Wildman–Crippen MR) is 111 cm³/mol. The topological polar surface area (TPSA) is 47.9 Å². The number of rotatable bonds is 2. The van der Waals surface area contributed by atoms with Gasteiger partial charge in [0.15, 0.2) is 0 Å². The number of carbonyl (C=O) groups is 1. The summed E-state index contributed by atoms with van der Waals surface area (Å²) in [6.45, 7) is 12.7. The fraction of sp³-hybridized carbons (Fsp3) is 0.333. The molecule has 0 unspecified atom stereocenters. The number of oxime groups is 1. The number of allylic oxidation sites excluding steroid dienone is 7. The van der Waals surface area contributed by atoms with Crippen molar-refractivity contribution in [1.82, 2.24) is 0 Å². The van der Waals surface area contributed by atoms with Gasteiger partial charge < -0.3 is 9.57 Å². The maximum Gasteiger partial charge on any atom is 0.368 e. The fourth-order valence-electron chi connectivity index (χ4n) is 2.77. The van der Waals surface area contributed by atoms with Crippen LogP contribution in [0.5, 0.6) is 0 Å². The molecule has 0 radical (unpaired) electrons. The number of carbonyl (C=O) groups excluding carboxylic acids is 1. The third-order valence-electron chi connectivity index (χ3n) is 4.48. The molecule has 146 valence electrons. The van der Waals surface area contributed by atoms with Gasteiger partial charge in [0.05, 0.1) is 5.57 Å². The van der Waals surface area contributed by atoms with Gasteiger partial charge in [0.2, 0.25) is 0 Å². The normalized spacial score (nSPS) is 18.9. The van der Waals surface area contributed by atoms with E-state index in [1.807, 2.05) is 48.6 Å². The van der Waals surface area contributed by atoms with Gasteiger partial charge in [-0.2, -0.15) is 0 Å². The Hall–Kier alpha value is -2.88. The summed E-state index contributed by atoms with van der Waals surface area (Å²) < 4.78 is 6.17. The fourth-order valence-corrected chi connectivity index (χ4v) is 2.77. The monoisotopic (exact) mass is 377 g/mol. The highest BCUT2D eigenvalue weighted by molar-refractivity contribution is 6.28. The number of benzene rings is 1. The molecule has 1 aromatic carbocycles. The average molecular weight is 377 g/mol. The molecular weight excluding hydrogens is 350 g/mol. The van der Waals surface area contributed by atoms with E-state index in [0.717, 1.165) is 22.7 Å². The van der Waals surface area contributed by atoms with E-state index in [4.69, 9.17) is 9.57 Å². The summed E-state index contributed by atoms with van der Waals surface area (Å²) in [5, 5.41) is 3.95. The Morgan fingerprint density at radius 2 is 1.43 bits per heavy atom. The Labute approximate surface area is 166 Å².